The van der Waals surface area contributed by atoms with Crippen molar-refractivity contribution in [3.05, 3.63) is 53.6 Å². The molecular weight excluding hydrogens is 334 g/mol. The van der Waals surface area contributed by atoms with Crippen LogP contribution in [0.1, 0.15) is 29.3 Å². The molecule has 26 heavy (non-hydrogen) atoms. The Bertz CT molecular complexity index is 785. The number of esters is 1. The Hall–Kier alpha value is -3.02. The SMILES string of the molecule is CCOc1ccc(OCCOC(=O)c2ccc3c(c2)CCC(=O)N3)cc1. The van der Waals surface area contributed by atoms with Crippen LogP contribution in [0.4, 0.5) is 5.69 Å². The van der Waals surface area contributed by atoms with E-state index in [1.807, 2.05) is 31.2 Å². The molecule has 0 aromatic heterocycles. The fourth-order valence-electron chi connectivity index (χ4n) is 2.69. The van der Waals surface area contributed by atoms with Gasteiger partial charge in [0.2, 0.25) is 5.91 Å². The molecule has 6 heteroatoms. The summed E-state index contributed by atoms with van der Waals surface area (Å²) in [7, 11) is 0. The van der Waals surface area contributed by atoms with Crippen molar-refractivity contribution < 1.29 is 23.8 Å². The lowest BCUT2D eigenvalue weighted by Crippen LogP contribution is -2.19. The zero-order valence-corrected chi connectivity index (χ0v) is 14.6. The van der Waals surface area contributed by atoms with Crippen molar-refractivity contribution in [2.24, 2.45) is 0 Å². The summed E-state index contributed by atoms with van der Waals surface area (Å²) >= 11 is 0. The molecule has 1 amide bonds. The molecule has 0 radical (unpaired) electrons. The number of anilines is 1. The minimum absolute atomic E-state index is 0.000681. The van der Waals surface area contributed by atoms with E-state index in [0.717, 1.165) is 17.0 Å². The normalized spacial score (nSPS) is 12.7. The first-order valence-corrected chi connectivity index (χ1v) is 8.61. The molecule has 0 unspecified atom stereocenters. The Balaban J connectivity index is 1.46. The fourth-order valence-corrected chi connectivity index (χ4v) is 2.69. The molecule has 0 saturated heterocycles. The van der Waals surface area contributed by atoms with Gasteiger partial charge < -0.3 is 19.5 Å². The number of fused-ring (bicyclic) bond motifs is 1. The number of carbonyl (C=O) groups excluding carboxylic acids is 2. The number of benzene rings is 2. The molecule has 0 fully saturated rings. The number of amides is 1. The number of aryl methyl sites for hydroxylation is 1. The Morgan fingerprint density at radius 2 is 1.73 bits per heavy atom. The Morgan fingerprint density at radius 3 is 2.46 bits per heavy atom. The Morgan fingerprint density at radius 1 is 1.00 bits per heavy atom. The molecule has 1 aliphatic rings. The largest absolute Gasteiger partial charge is 0.494 e. The van der Waals surface area contributed by atoms with Gasteiger partial charge in [-0.05, 0) is 61.4 Å². The van der Waals surface area contributed by atoms with E-state index in [1.165, 1.54) is 0 Å². The van der Waals surface area contributed by atoms with Crippen LogP contribution in [0.15, 0.2) is 42.5 Å². The number of rotatable bonds is 7. The lowest BCUT2D eigenvalue weighted by atomic mass is 10.0. The minimum Gasteiger partial charge on any atom is -0.494 e. The topological polar surface area (TPSA) is 73.9 Å². The molecule has 1 heterocycles. The van der Waals surface area contributed by atoms with E-state index in [0.29, 0.717) is 30.8 Å². The third kappa shape index (κ3) is 4.53. The molecule has 6 nitrogen and oxygen atoms in total. The van der Waals surface area contributed by atoms with Gasteiger partial charge in [0, 0.05) is 12.1 Å². The zero-order chi connectivity index (χ0) is 18.4. The van der Waals surface area contributed by atoms with Crippen molar-refractivity contribution in [2.75, 3.05) is 25.1 Å². The van der Waals surface area contributed by atoms with Gasteiger partial charge in [0.05, 0.1) is 12.2 Å². The van der Waals surface area contributed by atoms with Crippen LogP contribution in [-0.4, -0.2) is 31.7 Å². The zero-order valence-electron chi connectivity index (χ0n) is 14.6. The molecule has 1 N–H and O–H groups in total. The summed E-state index contributed by atoms with van der Waals surface area (Å²) in [5, 5.41) is 2.79. The predicted molar refractivity (Wildman–Crippen MR) is 96.8 cm³/mol. The van der Waals surface area contributed by atoms with Crippen molar-refractivity contribution in [1.82, 2.24) is 0 Å². The van der Waals surface area contributed by atoms with Gasteiger partial charge in [0.1, 0.15) is 24.7 Å². The van der Waals surface area contributed by atoms with Gasteiger partial charge in [0.15, 0.2) is 0 Å². The maximum atomic E-state index is 12.1. The quantitative estimate of drug-likeness (QED) is 0.610. The number of carbonyl (C=O) groups is 2. The van der Waals surface area contributed by atoms with E-state index < -0.39 is 5.97 Å². The highest BCUT2D eigenvalue weighted by Gasteiger charge is 2.17. The average molecular weight is 355 g/mol. The minimum atomic E-state index is -0.403. The highest BCUT2D eigenvalue weighted by atomic mass is 16.6. The standard InChI is InChI=1S/C20H21NO5/c1-2-24-16-5-7-17(8-6-16)25-11-12-26-20(23)15-3-9-18-14(13-15)4-10-19(22)21-18/h3,5-9,13H,2,4,10-12H2,1H3,(H,21,22). The van der Waals surface area contributed by atoms with Crippen molar-refractivity contribution in [3.63, 3.8) is 0 Å². The van der Waals surface area contributed by atoms with Crippen LogP contribution in [0.5, 0.6) is 11.5 Å². The average Bonchev–Trinajstić information content (AvgIpc) is 2.66. The van der Waals surface area contributed by atoms with Gasteiger partial charge in [-0.15, -0.1) is 0 Å². The molecule has 0 bridgehead atoms. The van der Waals surface area contributed by atoms with E-state index in [4.69, 9.17) is 14.2 Å². The summed E-state index contributed by atoms with van der Waals surface area (Å²) in [4.78, 5) is 23.5. The number of ether oxygens (including phenoxy) is 3. The smallest absolute Gasteiger partial charge is 0.338 e. The van der Waals surface area contributed by atoms with Gasteiger partial charge in [-0.25, -0.2) is 4.79 Å². The summed E-state index contributed by atoms with van der Waals surface area (Å²) in [5.74, 6) is 1.07. The molecule has 2 aromatic rings. The predicted octanol–water partition coefficient (Wildman–Crippen LogP) is 3.21. The fraction of sp³-hybridized carbons (Fsp3) is 0.300. The molecular formula is C20H21NO5. The first-order valence-electron chi connectivity index (χ1n) is 8.61. The lowest BCUT2D eigenvalue weighted by molar-refractivity contribution is -0.116. The van der Waals surface area contributed by atoms with E-state index >= 15 is 0 Å². The second-order valence-electron chi connectivity index (χ2n) is 5.81. The summed E-state index contributed by atoms with van der Waals surface area (Å²) in [6, 6.07) is 12.4. The van der Waals surface area contributed by atoms with Crippen LogP contribution >= 0.6 is 0 Å². The summed E-state index contributed by atoms with van der Waals surface area (Å²) in [5.41, 5.74) is 2.18. The lowest BCUT2D eigenvalue weighted by Gasteiger charge is -2.17. The molecule has 1 aliphatic heterocycles. The van der Waals surface area contributed by atoms with Crippen LogP contribution in [-0.2, 0) is 16.0 Å². The van der Waals surface area contributed by atoms with Crippen LogP contribution in [0.3, 0.4) is 0 Å². The first kappa shape index (κ1) is 17.8. The second-order valence-corrected chi connectivity index (χ2v) is 5.81. The van der Waals surface area contributed by atoms with Gasteiger partial charge >= 0.3 is 5.97 Å². The molecule has 0 aliphatic carbocycles. The van der Waals surface area contributed by atoms with Crippen molar-refractivity contribution in [1.29, 1.82) is 0 Å². The summed E-state index contributed by atoms with van der Waals surface area (Å²) in [6.45, 7) is 2.96. The monoisotopic (exact) mass is 355 g/mol. The summed E-state index contributed by atoms with van der Waals surface area (Å²) in [6.07, 6.45) is 1.06. The maximum absolute atomic E-state index is 12.1. The van der Waals surface area contributed by atoms with E-state index in [-0.39, 0.29) is 19.1 Å². The van der Waals surface area contributed by atoms with Gasteiger partial charge in [0.25, 0.3) is 0 Å². The van der Waals surface area contributed by atoms with E-state index in [2.05, 4.69) is 5.32 Å². The van der Waals surface area contributed by atoms with Gasteiger partial charge in [-0.1, -0.05) is 0 Å². The molecule has 0 spiro atoms. The highest BCUT2D eigenvalue weighted by molar-refractivity contribution is 5.96. The third-order valence-electron chi connectivity index (χ3n) is 3.96. The van der Waals surface area contributed by atoms with Crippen LogP contribution < -0.4 is 14.8 Å². The van der Waals surface area contributed by atoms with Gasteiger partial charge in [-0.3, -0.25) is 4.79 Å². The van der Waals surface area contributed by atoms with E-state index in [9.17, 15) is 9.59 Å². The van der Waals surface area contributed by atoms with Gasteiger partial charge in [-0.2, -0.15) is 0 Å². The number of hydrogen-bond acceptors (Lipinski definition) is 5. The van der Waals surface area contributed by atoms with Crippen LogP contribution in [0.25, 0.3) is 0 Å². The van der Waals surface area contributed by atoms with Crippen molar-refractivity contribution in [2.45, 2.75) is 19.8 Å². The third-order valence-corrected chi connectivity index (χ3v) is 3.96. The molecule has 0 atom stereocenters. The summed E-state index contributed by atoms with van der Waals surface area (Å²) < 4.78 is 16.2. The molecule has 3 rings (SSSR count). The molecule has 2 aromatic carbocycles. The van der Waals surface area contributed by atoms with Crippen molar-refractivity contribution in [3.8, 4) is 11.5 Å². The van der Waals surface area contributed by atoms with Crippen LogP contribution in [0, 0.1) is 0 Å². The number of hydrogen-bond donors (Lipinski definition) is 1. The van der Waals surface area contributed by atoms with Crippen LogP contribution in [0.2, 0.25) is 0 Å². The Kier molecular flexibility index (Phi) is 5.73. The number of nitrogens with one attached hydrogen (secondary N) is 1. The molecule has 136 valence electrons. The Labute approximate surface area is 152 Å². The van der Waals surface area contributed by atoms with Crippen molar-refractivity contribution >= 4 is 17.6 Å². The second kappa shape index (κ2) is 8.38. The molecule has 0 saturated carbocycles. The highest BCUT2D eigenvalue weighted by Crippen LogP contribution is 2.24. The maximum Gasteiger partial charge on any atom is 0.338 e. The van der Waals surface area contributed by atoms with E-state index in [1.54, 1.807) is 18.2 Å². The first-order chi connectivity index (χ1) is 12.7.